The molecule has 1 aliphatic rings. The van der Waals surface area contributed by atoms with E-state index in [0.717, 1.165) is 45.3 Å². The number of nitrogens with one attached hydrogen (secondary N) is 2. The van der Waals surface area contributed by atoms with Gasteiger partial charge in [-0.05, 0) is 19.3 Å². The number of rotatable bonds is 7. The van der Waals surface area contributed by atoms with Gasteiger partial charge in [0.05, 0.1) is 5.75 Å². The monoisotopic (exact) mass is 305 g/mol. The van der Waals surface area contributed by atoms with Crippen LogP contribution in [0.3, 0.4) is 0 Å². The zero-order chi connectivity index (χ0) is 15.0. The molecule has 20 heavy (non-hydrogen) atoms. The first-order chi connectivity index (χ1) is 9.40. The van der Waals surface area contributed by atoms with Crippen LogP contribution in [0.1, 0.15) is 32.6 Å². The first-order valence-corrected chi connectivity index (χ1v) is 9.41. The molecule has 1 rings (SSSR count). The van der Waals surface area contributed by atoms with Crippen molar-refractivity contribution in [2.75, 3.05) is 38.2 Å². The summed E-state index contributed by atoms with van der Waals surface area (Å²) in [6, 6.07) is 0.110. The second-order valence-electron chi connectivity index (χ2n) is 5.50. The zero-order valence-electron chi connectivity index (χ0n) is 12.5. The third kappa shape index (κ3) is 7.69. The molecule has 0 saturated carbocycles. The van der Waals surface area contributed by atoms with Crippen molar-refractivity contribution in [1.82, 2.24) is 15.5 Å². The van der Waals surface area contributed by atoms with Crippen LogP contribution in [0.25, 0.3) is 0 Å². The van der Waals surface area contributed by atoms with Gasteiger partial charge in [-0.1, -0.05) is 13.3 Å². The molecule has 0 spiro atoms. The predicted octanol–water partition coefficient (Wildman–Crippen LogP) is 0.595. The molecule has 0 bridgehead atoms. The van der Waals surface area contributed by atoms with Crippen LogP contribution >= 0.6 is 0 Å². The van der Waals surface area contributed by atoms with E-state index in [-0.39, 0.29) is 17.8 Å². The molecule has 0 aliphatic carbocycles. The largest absolute Gasteiger partial charge is 0.338 e. The van der Waals surface area contributed by atoms with E-state index in [1.807, 2.05) is 0 Å². The molecular weight excluding hydrogens is 278 g/mol. The van der Waals surface area contributed by atoms with Crippen LogP contribution in [-0.2, 0) is 9.84 Å². The molecule has 0 aromatic rings. The Morgan fingerprint density at radius 3 is 2.50 bits per heavy atom. The number of piperidine rings is 1. The van der Waals surface area contributed by atoms with Crippen LogP contribution in [0.15, 0.2) is 0 Å². The number of hydrogen-bond acceptors (Lipinski definition) is 4. The Labute approximate surface area is 122 Å². The summed E-state index contributed by atoms with van der Waals surface area (Å²) in [4.78, 5) is 13.8. The maximum absolute atomic E-state index is 11.6. The first-order valence-electron chi connectivity index (χ1n) is 7.35. The zero-order valence-corrected chi connectivity index (χ0v) is 13.3. The number of amides is 2. The number of urea groups is 1. The number of carbonyl (C=O) groups excluding carboxylic acids is 1. The maximum atomic E-state index is 11.6. The van der Waals surface area contributed by atoms with E-state index in [1.165, 1.54) is 6.26 Å². The SMILES string of the molecule is CCCCNC(=O)NC1CCN(CCS(C)(=O)=O)CC1. The minimum Gasteiger partial charge on any atom is -0.338 e. The van der Waals surface area contributed by atoms with Crippen LogP contribution in [0.2, 0.25) is 0 Å². The van der Waals surface area contributed by atoms with Gasteiger partial charge in [-0.25, -0.2) is 13.2 Å². The average molecular weight is 305 g/mol. The topological polar surface area (TPSA) is 78.5 Å². The molecule has 1 heterocycles. The van der Waals surface area contributed by atoms with E-state index in [4.69, 9.17) is 0 Å². The minimum atomic E-state index is -2.89. The summed E-state index contributed by atoms with van der Waals surface area (Å²) < 4.78 is 22.2. The van der Waals surface area contributed by atoms with Crippen molar-refractivity contribution in [3.05, 3.63) is 0 Å². The Balaban J connectivity index is 2.17. The Hall–Kier alpha value is -0.820. The van der Waals surface area contributed by atoms with Crippen molar-refractivity contribution in [3.63, 3.8) is 0 Å². The first kappa shape index (κ1) is 17.2. The highest BCUT2D eigenvalue weighted by Gasteiger charge is 2.21. The van der Waals surface area contributed by atoms with Gasteiger partial charge in [-0.3, -0.25) is 0 Å². The maximum Gasteiger partial charge on any atom is 0.315 e. The molecule has 1 fully saturated rings. The van der Waals surface area contributed by atoms with Gasteiger partial charge in [0, 0.05) is 38.5 Å². The summed E-state index contributed by atoms with van der Waals surface area (Å²) in [6.07, 6.45) is 5.09. The number of sulfone groups is 1. The van der Waals surface area contributed by atoms with Crippen molar-refractivity contribution in [2.24, 2.45) is 0 Å². The van der Waals surface area contributed by atoms with Gasteiger partial charge < -0.3 is 15.5 Å². The van der Waals surface area contributed by atoms with Crippen LogP contribution in [0, 0.1) is 0 Å². The van der Waals surface area contributed by atoms with E-state index >= 15 is 0 Å². The fraction of sp³-hybridized carbons (Fsp3) is 0.923. The summed E-state index contributed by atoms with van der Waals surface area (Å²) in [7, 11) is -2.89. The lowest BCUT2D eigenvalue weighted by Gasteiger charge is -2.32. The van der Waals surface area contributed by atoms with Gasteiger partial charge in [0.1, 0.15) is 9.84 Å². The van der Waals surface area contributed by atoms with E-state index in [9.17, 15) is 13.2 Å². The van der Waals surface area contributed by atoms with Crippen LogP contribution in [0.4, 0.5) is 4.79 Å². The Bertz CT molecular complexity index is 390. The van der Waals surface area contributed by atoms with Gasteiger partial charge in [0.25, 0.3) is 0 Å². The number of hydrogen-bond donors (Lipinski definition) is 2. The molecular formula is C13H27N3O3S. The van der Waals surface area contributed by atoms with Crippen molar-refractivity contribution < 1.29 is 13.2 Å². The number of nitrogens with zero attached hydrogens (tertiary/aromatic N) is 1. The van der Waals surface area contributed by atoms with Gasteiger partial charge in [0.15, 0.2) is 0 Å². The second-order valence-corrected chi connectivity index (χ2v) is 7.76. The quantitative estimate of drug-likeness (QED) is 0.675. The summed E-state index contributed by atoms with van der Waals surface area (Å²) in [6.45, 7) is 5.08. The average Bonchev–Trinajstić information content (AvgIpc) is 2.37. The Kier molecular flexibility index (Phi) is 7.29. The summed E-state index contributed by atoms with van der Waals surface area (Å²) in [5.74, 6) is 0.211. The third-order valence-electron chi connectivity index (χ3n) is 3.52. The molecule has 0 radical (unpaired) electrons. The van der Waals surface area contributed by atoms with Crippen molar-refractivity contribution in [3.8, 4) is 0 Å². The van der Waals surface area contributed by atoms with Crippen molar-refractivity contribution >= 4 is 15.9 Å². The number of likely N-dealkylation sites (tertiary alicyclic amines) is 1. The summed E-state index contributed by atoms with van der Waals surface area (Å²) >= 11 is 0. The van der Waals surface area contributed by atoms with Gasteiger partial charge >= 0.3 is 6.03 Å². The lowest BCUT2D eigenvalue weighted by molar-refractivity contribution is 0.199. The van der Waals surface area contributed by atoms with Crippen LogP contribution < -0.4 is 10.6 Å². The van der Waals surface area contributed by atoms with Gasteiger partial charge in [0.2, 0.25) is 0 Å². The number of carbonyl (C=O) groups is 1. The van der Waals surface area contributed by atoms with E-state index < -0.39 is 9.84 Å². The highest BCUT2D eigenvalue weighted by Crippen LogP contribution is 2.10. The minimum absolute atomic E-state index is 0.0898. The molecule has 0 aromatic carbocycles. The Morgan fingerprint density at radius 2 is 1.95 bits per heavy atom. The second kappa shape index (κ2) is 8.46. The van der Waals surface area contributed by atoms with Crippen LogP contribution in [0.5, 0.6) is 0 Å². The van der Waals surface area contributed by atoms with Gasteiger partial charge in [-0.2, -0.15) is 0 Å². The standard InChI is InChI=1S/C13H27N3O3S/c1-3-4-7-14-13(17)15-12-5-8-16(9-6-12)10-11-20(2,18)19/h12H,3-11H2,1-2H3,(H2,14,15,17). The molecule has 118 valence electrons. The lowest BCUT2D eigenvalue weighted by atomic mass is 10.1. The smallest absolute Gasteiger partial charge is 0.315 e. The highest BCUT2D eigenvalue weighted by atomic mass is 32.2. The molecule has 0 atom stereocenters. The molecule has 2 N–H and O–H groups in total. The molecule has 1 saturated heterocycles. The Morgan fingerprint density at radius 1 is 1.30 bits per heavy atom. The normalized spacial score (nSPS) is 17.9. The highest BCUT2D eigenvalue weighted by molar-refractivity contribution is 7.90. The van der Waals surface area contributed by atoms with Crippen molar-refractivity contribution in [1.29, 1.82) is 0 Å². The molecule has 0 unspecified atom stereocenters. The van der Waals surface area contributed by atoms with E-state index in [2.05, 4.69) is 22.5 Å². The fourth-order valence-corrected chi connectivity index (χ4v) is 2.80. The van der Waals surface area contributed by atoms with E-state index in [0.29, 0.717) is 6.54 Å². The van der Waals surface area contributed by atoms with Crippen molar-refractivity contribution in [2.45, 2.75) is 38.6 Å². The number of unbranched alkanes of at least 4 members (excludes halogenated alkanes) is 1. The van der Waals surface area contributed by atoms with E-state index in [1.54, 1.807) is 0 Å². The molecule has 2 amide bonds. The fourth-order valence-electron chi connectivity index (χ4n) is 2.21. The molecule has 0 aromatic heterocycles. The molecule has 6 nitrogen and oxygen atoms in total. The molecule has 1 aliphatic heterocycles. The van der Waals surface area contributed by atoms with Gasteiger partial charge in [-0.15, -0.1) is 0 Å². The van der Waals surface area contributed by atoms with Crippen LogP contribution in [-0.4, -0.2) is 63.6 Å². The lowest BCUT2D eigenvalue weighted by Crippen LogP contribution is -2.48. The summed E-state index contributed by atoms with van der Waals surface area (Å²) in [5, 5.41) is 5.82. The molecule has 7 heteroatoms. The predicted molar refractivity (Wildman–Crippen MR) is 80.6 cm³/mol. The third-order valence-corrected chi connectivity index (χ3v) is 4.44. The summed E-state index contributed by atoms with van der Waals surface area (Å²) in [5.41, 5.74) is 0.